The Bertz CT molecular complexity index is 378. The van der Waals surface area contributed by atoms with Crippen LogP contribution in [-0.2, 0) is 9.59 Å². The van der Waals surface area contributed by atoms with E-state index in [4.69, 9.17) is 0 Å². The van der Waals surface area contributed by atoms with Crippen LogP contribution in [0, 0.1) is 11.3 Å². The molecule has 0 unspecified atom stereocenters. The number of rotatable bonds is 4. The highest BCUT2D eigenvalue weighted by Gasteiger charge is 2.47. The number of carbonyl (C=O) groups excluding carboxylic acids is 2. The van der Waals surface area contributed by atoms with Crippen molar-refractivity contribution in [3.05, 3.63) is 0 Å². The Morgan fingerprint density at radius 3 is 1.75 bits per heavy atom. The number of hydrogen-bond donors (Lipinski definition) is 0. The zero-order valence-corrected chi connectivity index (χ0v) is 14.1. The van der Waals surface area contributed by atoms with Crippen LogP contribution >= 0.6 is 0 Å². The first-order valence-electron chi connectivity index (χ1n) is 7.56. The fraction of sp³-hybridized carbons (Fsp3) is 0.875. The summed E-state index contributed by atoms with van der Waals surface area (Å²) in [7, 11) is 0. The minimum absolute atomic E-state index is 0.0442. The van der Waals surface area contributed by atoms with E-state index in [1.165, 1.54) is 0 Å². The molecule has 0 radical (unpaired) electrons. The van der Waals surface area contributed by atoms with Crippen molar-refractivity contribution >= 4 is 11.7 Å². The molecule has 0 atom stereocenters. The standard InChI is InChI=1S/C16H30N2O2/c1-12(2)14(20)15(4,5)16(6,7)18-10-8-17(9-11-18)13(3)19/h12H,8-11H2,1-7H3. The van der Waals surface area contributed by atoms with E-state index >= 15 is 0 Å². The van der Waals surface area contributed by atoms with Crippen LogP contribution in [0.1, 0.15) is 48.5 Å². The molecule has 1 heterocycles. The van der Waals surface area contributed by atoms with Crippen molar-refractivity contribution in [1.82, 2.24) is 9.80 Å². The Balaban J connectivity index is 2.84. The van der Waals surface area contributed by atoms with Crippen molar-refractivity contribution in [3.8, 4) is 0 Å². The van der Waals surface area contributed by atoms with E-state index in [2.05, 4.69) is 18.7 Å². The SMILES string of the molecule is CC(=O)N1CCN(C(C)(C)C(C)(C)C(=O)C(C)C)CC1. The van der Waals surface area contributed by atoms with Gasteiger partial charge >= 0.3 is 0 Å². The first-order chi connectivity index (χ1) is 9.01. The molecule has 20 heavy (non-hydrogen) atoms. The van der Waals surface area contributed by atoms with Gasteiger partial charge in [-0.1, -0.05) is 27.7 Å². The molecule has 1 aliphatic rings. The van der Waals surface area contributed by atoms with Gasteiger partial charge in [0.1, 0.15) is 5.78 Å². The van der Waals surface area contributed by atoms with Crippen molar-refractivity contribution in [2.75, 3.05) is 26.2 Å². The van der Waals surface area contributed by atoms with E-state index in [9.17, 15) is 9.59 Å². The predicted octanol–water partition coefficient (Wildman–Crippen LogP) is 2.18. The highest BCUT2D eigenvalue weighted by atomic mass is 16.2. The molecule has 1 amide bonds. The topological polar surface area (TPSA) is 40.6 Å². The maximum absolute atomic E-state index is 12.5. The number of amides is 1. The molecule has 1 saturated heterocycles. The zero-order chi connectivity index (χ0) is 15.7. The van der Waals surface area contributed by atoms with Crippen molar-refractivity contribution in [1.29, 1.82) is 0 Å². The lowest BCUT2D eigenvalue weighted by atomic mass is 9.67. The lowest BCUT2D eigenvalue weighted by Gasteiger charge is -2.51. The number of Topliss-reactive ketones (excluding diaryl/α,β-unsaturated/α-hetero) is 1. The Morgan fingerprint density at radius 1 is 0.950 bits per heavy atom. The first-order valence-corrected chi connectivity index (χ1v) is 7.56. The largest absolute Gasteiger partial charge is 0.340 e. The van der Waals surface area contributed by atoms with E-state index in [1.807, 2.05) is 32.6 Å². The van der Waals surface area contributed by atoms with E-state index in [-0.39, 0.29) is 17.4 Å². The lowest BCUT2D eigenvalue weighted by molar-refractivity contribution is -0.142. The van der Waals surface area contributed by atoms with Crippen LogP contribution in [0.5, 0.6) is 0 Å². The van der Waals surface area contributed by atoms with Gasteiger partial charge in [-0.05, 0) is 13.8 Å². The van der Waals surface area contributed by atoms with E-state index in [0.29, 0.717) is 5.78 Å². The fourth-order valence-electron chi connectivity index (χ4n) is 3.00. The fourth-order valence-corrected chi connectivity index (χ4v) is 3.00. The summed E-state index contributed by atoms with van der Waals surface area (Å²) in [6, 6.07) is 0. The Hall–Kier alpha value is -0.900. The number of nitrogens with zero attached hydrogens (tertiary/aromatic N) is 2. The Morgan fingerprint density at radius 2 is 1.40 bits per heavy atom. The molecular formula is C16H30N2O2. The molecule has 1 rings (SSSR count). The van der Waals surface area contributed by atoms with Crippen LogP contribution in [0.25, 0.3) is 0 Å². The second-order valence-corrected chi connectivity index (χ2v) is 7.20. The average molecular weight is 282 g/mol. The van der Waals surface area contributed by atoms with Crippen LogP contribution in [0.4, 0.5) is 0 Å². The summed E-state index contributed by atoms with van der Waals surface area (Å²) in [5.74, 6) is 0.485. The maximum atomic E-state index is 12.5. The summed E-state index contributed by atoms with van der Waals surface area (Å²) in [6.07, 6.45) is 0. The maximum Gasteiger partial charge on any atom is 0.219 e. The van der Waals surface area contributed by atoms with Crippen LogP contribution < -0.4 is 0 Å². The van der Waals surface area contributed by atoms with Crippen LogP contribution in [0.15, 0.2) is 0 Å². The van der Waals surface area contributed by atoms with Gasteiger partial charge < -0.3 is 4.90 Å². The van der Waals surface area contributed by atoms with Crippen LogP contribution in [-0.4, -0.2) is 53.2 Å². The molecule has 0 N–H and O–H groups in total. The Labute approximate surface area is 123 Å². The van der Waals surface area contributed by atoms with Crippen molar-refractivity contribution in [2.24, 2.45) is 11.3 Å². The number of hydrogen-bond acceptors (Lipinski definition) is 3. The van der Waals surface area contributed by atoms with Crippen LogP contribution in [0.2, 0.25) is 0 Å². The summed E-state index contributed by atoms with van der Waals surface area (Å²) in [4.78, 5) is 28.2. The minimum atomic E-state index is -0.403. The third-order valence-corrected chi connectivity index (χ3v) is 5.19. The zero-order valence-electron chi connectivity index (χ0n) is 14.1. The molecular weight excluding hydrogens is 252 g/mol. The number of piperazine rings is 1. The van der Waals surface area contributed by atoms with Gasteiger partial charge in [-0.2, -0.15) is 0 Å². The second kappa shape index (κ2) is 5.84. The molecule has 0 aromatic rings. The quantitative estimate of drug-likeness (QED) is 0.793. The van der Waals surface area contributed by atoms with Gasteiger partial charge in [0.05, 0.1) is 0 Å². The molecule has 0 aromatic carbocycles. The monoisotopic (exact) mass is 282 g/mol. The average Bonchev–Trinajstić information content (AvgIpc) is 2.37. The summed E-state index contributed by atoms with van der Waals surface area (Å²) in [5.41, 5.74) is -0.614. The summed E-state index contributed by atoms with van der Waals surface area (Å²) >= 11 is 0. The minimum Gasteiger partial charge on any atom is -0.340 e. The smallest absolute Gasteiger partial charge is 0.219 e. The molecule has 116 valence electrons. The Kier molecular flexibility index (Phi) is 5.01. The first kappa shape index (κ1) is 17.2. The second-order valence-electron chi connectivity index (χ2n) is 7.20. The van der Waals surface area contributed by atoms with Crippen molar-refractivity contribution in [3.63, 3.8) is 0 Å². The molecule has 0 aromatic heterocycles. The van der Waals surface area contributed by atoms with Gasteiger partial charge in [-0.25, -0.2) is 0 Å². The molecule has 0 aliphatic carbocycles. The van der Waals surface area contributed by atoms with Gasteiger partial charge in [-0.3, -0.25) is 14.5 Å². The van der Waals surface area contributed by atoms with Gasteiger partial charge in [-0.15, -0.1) is 0 Å². The molecule has 1 aliphatic heterocycles. The van der Waals surface area contributed by atoms with Crippen LogP contribution in [0.3, 0.4) is 0 Å². The van der Waals surface area contributed by atoms with Crippen molar-refractivity contribution in [2.45, 2.75) is 54.0 Å². The highest BCUT2D eigenvalue weighted by molar-refractivity contribution is 5.87. The third kappa shape index (κ3) is 3.05. The molecule has 0 bridgehead atoms. The molecule has 4 heteroatoms. The summed E-state index contributed by atoms with van der Waals surface area (Å²) < 4.78 is 0. The van der Waals surface area contributed by atoms with Crippen molar-refractivity contribution < 1.29 is 9.59 Å². The molecule has 4 nitrogen and oxygen atoms in total. The predicted molar refractivity (Wildman–Crippen MR) is 81.5 cm³/mol. The van der Waals surface area contributed by atoms with E-state index in [0.717, 1.165) is 26.2 Å². The number of carbonyl (C=O) groups is 2. The van der Waals surface area contributed by atoms with Gasteiger partial charge in [0.15, 0.2) is 0 Å². The molecule has 0 saturated carbocycles. The van der Waals surface area contributed by atoms with Gasteiger partial charge in [0.25, 0.3) is 0 Å². The lowest BCUT2D eigenvalue weighted by Crippen LogP contribution is -2.62. The molecule has 1 fully saturated rings. The van der Waals surface area contributed by atoms with Gasteiger partial charge in [0, 0.05) is 50.0 Å². The normalized spacial score (nSPS) is 18.5. The van der Waals surface area contributed by atoms with Gasteiger partial charge in [0.2, 0.25) is 5.91 Å². The van der Waals surface area contributed by atoms with E-state index in [1.54, 1.807) is 6.92 Å². The summed E-state index contributed by atoms with van der Waals surface area (Å²) in [6.45, 7) is 17.1. The molecule has 0 spiro atoms. The summed E-state index contributed by atoms with van der Waals surface area (Å²) in [5, 5.41) is 0. The van der Waals surface area contributed by atoms with E-state index < -0.39 is 5.41 Å². The third-order valence-electron chi connectivity index (χ3n) is 5.19. The number of ketones is 1. The highest BCUT2D eigenvalue weighted by Crippen LogP contribution is 2.38.